The van der Waals surface area contributed by atoms with Gasteiger partial charge in [-0.25, -0.2) is 0 Å². The summed E-state index contributed by atoms with van der Waals surface area (Å²) in [4.78, 5) is 5.03. The third-order valence-corrected chi connectivity index (χ3v) is 7.43. The van der Waals surface area contributed by atoms with Crippen LogP contribution >= 0.6 is 0 Å². The van der Waals surface area contributed by atoms with Crippen LogP contribution in [-0.4, -0.2) is 62.2 Å². The van der Waals surface area contributed by atoms with Gasteiger partial charge in [-0.3, -0.25) is 0 Å². The van der Waals surface area contributed by atoms with Crippen molar-refractivity contribution < 1.29 is 0 Å². The molecular formula is C27H40N4. The van der Waals surface area contributed by atoms with Crippen molar-refractivity contribution in [3.63, 3.8) is 0 Å². The van der Waals surface area contributed by atoms with Gasteiger partial charge >= 0.3 is 0 Å². The lowest BCUT2D eigenvalue weighted by atomic mass is 9.85. The first kappa shape index (κ1) is 22.5. The van der Waals surface area contributed by atoms with E-state index in [1.54, 1.807) is 0 Å². The van der Waals surface area contributed by atoms with Gasteiger partial charge < -0.3 is 21.3 Å². The molecule has 1 atom stereocenters. The lowest BCUT2D eigenvalue weighted by Crippen LogP contribution is -2.37. The molecule has 0 saturated carbocycles. The normalized spacial score (nSPS) is 21.1. The fourth-order valence-corrected chi connectivity index (χ4v) is 5.61. The predicted molar refractivity (Wildman–Crippen MR) is 131 cm³/mol. The summed E-state index contributed by atoms with van der Waals surface area (Å²) in [5.41, 5.74) is 18.8. The summed E-state index contributed by atoms with van der Waals surface area (Å²) >= 11 is 0. The zero-order valence-electron chi connectivity index (χ0n) is 19.2. The number of hydrogen-bond acceptors (Lipinski definition) is 4. The second-order valence-corrected chi connectivity index (χ2v) is 9.58. The first-order chi connectivity index (χ1) is 15.2. The van der Waals surface area contributed by atoms with Crippen molar-refractivity contribution in [2.45, 2.75) is 38.5 Å². The molecule has 2 aromatic rings. The minimum absolute atomic E-state index is 0.630. The average molecular weight is 421 g/mol. The Morgan fingerprint density at radius 1 is 0.871 bits per heavy atom. The van der Waals surface area contributed by atoms with E-state index in [9.17, 15) is 0 Å². The molecule has 4 rings (SSSR count). The van der Waals surface area contributed by atoms with E-state index in [1.807, 2.05) is 0 Å². The molecular weight excluding hydrogens is 380 g/mol. The van der Waals surface area contributed by atoms with Crippen LogP contribution in [0, 0.1) is 12.8 Å². The second-order valence-electron chi connectivity index (χ2n) is 9.58. The largest absolute Gasteiger partial charge is 0.329 e. The molecule has 0 radical (unpaired) electrons. The maximum absolute atomic E-state index is 5.79. The number of piperidine rings is 1. The highest BCUT2D eigenvalue weighted by Crippen LogP contribution is 2.34. The van der Waals surface area contributed by atoms with Gasteiger partial charge in [0.1, 0.15) is 0 Å². The number of hydrogen-bond donors (Lipinski definition) is 2. The molecule has 2 aliphatic heterocycles. The van der Waals surface area contributed by atoms with Crippen LogP contribution < -0.4 is 11.5 Å². The first-order valence-electron chi connectivity index (χ1n) is 12.2. The number of aryl methyl sites for hydroxylation is 1. The molecule has 4 heteroatoms. The van der Waals surface area contributed by atoms with Crippen LogP contribution in [0.25, 0.3) is 11.1 Å². The summed E-state index contributed by atoms with van der Waals surface area (Å²) in [6.07, 6.45) is 5.00. The summed E-state index contributed by atoms with van der Waals surface area (Å²) in [5.74, 6) is 1.41. The van der Waals surface area contributed by atoms with E-state index in [-0.39, 0.29) is 0 Å². The molecule has 0 amide bonds. The summed E-state index contributed by atoms with van der Waals surface area (Å²) in [7, 11) is 0. The van der Waals surface area contributed by atoms with E-state index in [0.29, 0.717) is 5.92 Å². The molecule has 1 unspecified atom stereocenters. The second kappa shape index (κ2) is 10.7. The van der Waals surface area contributed by atoms with Crippen molar-refractivity contribution in [1.82, 2.24) is 9.80 Å². The van der Waals surface area contributed by atoms with E-state index in [0.717, 1.165) is 38.6 Å². The van der Waals surface area contributed by atoms with Crippen LogP contribution in [0.15, 0.2) is 42.5 Å². The van der Waals surface area contributed by atoms with Crippen molar-refractivity contribution in [2.24, 2.45) is 17.4 Å². The SMILES string of the molecule is Cc1ccc(-c2ccccc2CC2CCN(CCN)CC2)cc1C1CCN(CCN)C1. The Bertz CT molecular complexity index is 841. The maximum Gasteiger partial charge on any atom is 0.0105 e. The van der Waals surface area contributed by atoms with Crippen molar-refractivity contribution in [3.8, 4) is 11.1 Å². The minimum atomic E-state index is 0.630. The third kappa shape index (κ3) is 5.56. The van der Waals surface area contributed by atoms with Gasteiger partial charge in [-0.05, 0) is 91.9 Å². The van der Waals surface area contributed by atoms with Gasteiger partial charge in [-0.1, -0.05) is 42.5 Å². The fraction of sp³-hybridized carbons (Fsp3) is 0.556. The highest BCUT2D eigenvalue weighted by atomic mass is 15.1. The van der Waals surface area contributed by atoms with E-state index in [4.69, 9.17) is 11.5 Å². The highest BCUT2D eigenvalue weighted by Gasteiger charge is 2.25. The van der Waals surface area contributed by atoms with Crippen LogP contribution in [0.5, 0.6) is 0 Å². The Hall–Kier alpha value is -1.72. The molecule has 2 aliphatic rings. The van der Waals surface area contributed by atoms with Gasteiger partial charge in [0, 0.05) is 32.7 Å². The summed E-state index contributed by atoms with van der Waals surface area (Å²) in [6.45, 7) is 10.6. The molecule has 2 heterocycles. The minimum Gasteiger partial charge on any atom is -0.329 e. The number of nitrogens with two attached hydrogens (primary N) is 2. The lowest BCUT2D eigenvalue weighted by molar-refractivity contribution is 0.188. The van der Waals surface area contributed by atoms with Gasteiger partial charge in [0.15, 0.2) is 0 Å². The fourth-order valence-electron chi connectivity index (χ4n) is 5.61. The third-order valence-electron chi connectivity index (χ3n) is 7.43. The van der Waals surface area contributed by atoms with Crippen LogP contribution in [0.4, 0.5) is 0 Å². The summed E-state index contributed by atoms with van der Waals surface area (Å²) in [5, 5.41) is 0. The molecule has 0 aliphatic carbocycles. The standard InChI is InChI=1S/C27H40N4/c1-21-6-7-24(19-27(21)25-10-15-31(20-25)17-12-29)26-5-3-2-4-23(26)18-22-8-13-30(14-9-22)16-11-28/h2-7,19,22,25H,8-18,20,28-29H2,1H3. The van der Waals surface area contributed by atoms with Crippen LogP contribution in [0.3, 0.4) is 0 Å². The van der Waals surface area contributed by atoms with E-state index in [2.05, 4.69) is 59.2 Å². The van der Waals surface area contributed by atoms with E-state index < -0.39 is 0 Å². The highest BCUT2D eigenvalue weighted by molar-refractivity contribution is 5.69. The molecule has 0 bridgehead atoms. The summed E-state index contributed by atoms with van der Waals surface area (Å²) in [6, 6.07) is 16.2. The van der Waals surface area contributed by atoms with Gasteiger partial charge in [-0.15, -0.1) is 0 Å². The Morgan fingerprint density at radius 3 is 2.35 bits per heavy atom. The molecule has 4 nitrogen and oxygen atoms in total. The van der Waals surface area contributed by atoms with Crippen molar-refractivity contribution in [1.29, 1.82) is 0 Å². The molecule has 2 saturated heterocycles. The van der Waals surface area contributed by atoms with Crippen LogP contribution in [0.1, 0.15) is 41.9 Å². The molecule has 0 spiro atoms. The molecule has 168 valence electrons. The topological polar surface area (TPSA) is 58.5 Å². The van der Waals surface area contributed by atoms with Gasteiger partial charge in [0.25, 0.3) is 0 Å². The quantitative estimate of drug-likeness (QED) is 0.685. The predicted octanol–water partition coefficient (Wildman–Crippen LogP) is 3.62. The Kier molecular flexibility index (Phi) is 7.78. The zero-order valence-corrected chi connectivity index (χ0v) is 19.2. The Morgan fingerprint density at radius 2 is 1.58 bits per heavy atom. The number of nitrogens with zero attached hydrogens (tertiary/aromatic N) is 2. The van der Waals surface area contributed by atoms with E-state index in [1.165, 1.54) is 73.1 Å². The van der Waals surface area contributed by atoms with Crippen LogP contribution in [0.2, 0.25) is 0 Å². The monoisotopic (exact) mass is 420 g/mol. The van der Waals surface area contributed by atoms with E-state index >= 15 is 0 Å². The van der Waals surface area contributed by atoms with Crippen LogP contribution in [-0.2, 0) is 6.42 Å². The Balaban J connectivity index is 1.50. The smallest absolute Gasteiger partial charge is 0.0105 e. The molecule has 0 aromatic heterocycles. The average Bonchev–Trinajstić information content (AvgIpc) is 3.25. The van der Waals surface area contributed by atoms with Crippen molar-refractivity contribution >= 4 is 0 Å². The summed E-state index contributed by atoms with van der Waals surface area (Å²) < 4.78 is 0. The first-order valence-corrected chi connectivity index (χ1v) is 12.2. The number of likely N-dealkylation sites (tertiary alicyclic amines) is 2. The number of rotatable bonds is 8. The zero-order chi connectivity index (χ0) is 21.6. The molecule has 2 aromatic carbocycles. The maximum atomic E-state index is 5.79. The van der Waals surface area contributed by atoms with Crippen molar-refractivity contribution in [3.05, 3.63) is 59.2 Å². The number of benzene rings is 2. The Labute approximate surface area is 188 Å². The molecule has 2 fully saturated rings. The van der Waals surface area contributed by atoms with Gasteiger partial charge in [0.2, 0.25) is 0 Å². The van der Waals surface area contributed by atoms with Gasteiger partial charge in [0.05, 0.1) is 0 Å². The van der Waals surface area contributed by atoms with Gasteiger partial charge in [-0.2, -0.15) is 0 Å². The lowest BCUT2D eigenvalue weighted by Gasteiger charge is -2.32. The molecule has 4 N–H and O–H groups in total. The molecule has 31 heavy (non-hydrogen) atoms. The van der Waals surface area contributed by atoms with Crippen molar-refractivity contribution in [2.75, 3.05) is 52.4 Å².